The Bertz CT molecular complexity index is 898. The summed E-state index contributed by atoms with van der Waals surface area (Å²) in [7, 11) is 1.69. The maximum absolute atomic E-state index is 14.0. The van der Waals surface area contributed by atoms with Gasteiger partial charge in [0.05, 0.1) is 11.3 Å². The molecular formula is C18H19FN6O2. The Labute approximate surface area is 155 Å². The summed E-state index contributed by atoms with van der Waals surface area (Å²) in [4.78, 5) is 21.7. The van der Waals surface area contributed by atoms with Gasteiger partial charge in [0.2, 0.25) is 5.95 Å². The first-order valence-corrected chi connectivity index (χ1v) is 8.51. The summed E-state index contributed by atoms with van der Waals surface area (Å²) in [5.74, 6) is 0.399. The van der Waals surface area contributed by atoms with Gasteiger partial charge in [0, 0.05) is 37.8 Å². The van der Waals surface area contributed by atoms with E-state index in [1.54, 1.807) is 25.2 Å². The van der Waals surface area contributed by atoms with Gasteiger partial charge >= 0.3 is 6.09 Å². The van der Waals surface area contributed by atoms with Crippen LogP contribution in [0.15, 0.2) is 24.3 Å². The zero-order valence-electron chi connectivity index (χ0n) is 14.7. The molecule has 2 heterocycles. The Morgan fingerprint density at radius 2 is 2.22 bits per heavy atom. The second-order valence-corrected chi connectivity index (χ2v) is 6.23. The summed E-state index contributed by atoms with van der Waals surface area (Å²) in [5.41, 5.74) is 1.02. The number of halogens is 1. The van der Waals surface area contributed by atoms with Crippen molar-refractivity contribution in [1.82, 2.24) is 15.3 Å². The molecule has 27 heavy (non-hydrogen) atoms. The van der Waals surface area contributed by atoms with E-state index in [0.717, 1.165) is 19.4 Å². The summed E-state index contributed by atoms with van der Waals surface area (Å²) in [6, 6.07) is 7.68. The molecule has 1 aromatic heterocycles. The highest BCUT2D eigenvalue weighted by Crippen LogP contribution is 2.26. The molecule has 0 aliphatic carbocycles. The normalized spacial score (nSPS) is 16.5. The third-order valence-electron chi connectivity index (χ3n) is 4.39. The van der Waals surface area contributed by atoms with Gasteiger partial charge in [-0.25, -0.2) is 14.2 Å². The Balaban J connectivity index is 1.93. The monoisotopic (exact) mass is 370 g/mol. The highest BCUT2D eigenvalue weighted by molar-refractivity contribution is 5.67. The van der Waals surface area contributed by atoms with Gasteiger partial charge in [-0.2, -0.15) is 10.2 Å². The molecule has 1 saturated heterocycles. The summed E-state index contributed by atoms with van der Waals surface area (Å²) in [5, 5.41) is 23.2. The van der Waals surface area contributed by atoms with Gasteiger partial charge in [-0.1, -0.05) is 6.07 Å². The van der Waals surface area contributed by atoms with Crippen molar-refractivity contribution in [2.45, 2.75) is 18.9 Å². The minimum Gasteiger partial charge on any atom is -0.465 e. The van der Waals surface area contributed by atoms with Crippen molar-refractivity contribution in [2.75, 3.05) is 30.4 Å². The fraction of sp³-hybridized carbons (Fsp3) is 0.333. The molecule has 1 aliphatic rings. The van der Waals surface area contributed by atoms with Crippen LogP contribution in [0.2, 0.25) is 0 Å². The summed E-state index contributed by atoms with van der Waals surface area (Å²) in [6.07, 6.45) is 0.541. The zero-order chi connectivity index (χ0) is 19.4. The van der Waals surface area contributed by atoms with Gasteiger partial charge in [0.15, 0.2) is 0 Å². The Morgan fingerprint density at radius 3 is 2.89 bits per heavy atom. The van der Waals surface area contributed by atoms with Crippen LogP contribution in [0.5, 0.6) is 0 Å². The van der Waals surface area contributed by atoms with Crippen LogP contribution in [0.25, 0.3) is 11.3 Å². The number of nitriles is 1. The van der Waals surface area contributed by atoms with Crippen molar-refractivity contribution in [3.05, 3.63) is 35.6 Å². The molecule has 2 aromatic rings. The summed E-state index contributed by atoms with van der Waals surface area (Å²) < 4.78 is 14.0. The van der Waals surface area contributed by atoms with Gasteiger partial charge in [-0.3, -0.25) is 0 Å². The minimum atomic E-state index is -1.05. The number of benzene rings is 1. The van der Waals surface area contributed by atoms with E-state index in [9.17, 15) is 9.18 Å². The van der Waals surface area contributed by atoms with Gasteiger partial charge in [-0.05, 0) is 25.0 Å². The molecule has 1 atom stereocenters. The SMILES string of the molecule is CNc1nc(-c2ccc(C#N)c(F)c2)cc(N2CCC[C@@H](NC(=O)O)C2)n1. The molecule has 0 bridgehead atoms. The van der Waals surface area contributed by atoms with E-state index in [4.69, 9.17) is 10.4 Å². The van der Waals surface area contributed by atoms with Gasteiger partial charge in [0.1, 0.15) is 17.7 Å². The standard InChI is InChI=1S/C18H19FN6O2/c1-21-17-23-15(11-4-5-12(9-20)14(19)7-11)8-16(24-17)25-6-2-3-13(10-25)22-18(26)27/h4-5,7-8,13,22H,2-3,6,10H2,1H3,(H,26,27)(H,21,23,24)/t13-/m1/s1. The van der Waals surface area contributed by atoms with E-state index >= 15 is 0 Å². The summed E-state index contributed by atoms with van der Waals surface area (Å²) in [6.45, 7) is 1.23. The molecule has 8 nitrogen and oxygen atoms in total. The lowest BCUT2D eigenvalue weighted by molar-refractivity contribution is 0.188. The minimum absolute atomic E-state index is 0.0273. The number of rotatable bonds is 4. The number of anilines is 2. The van der Waals surface area contributed by atoms with Gasteiger partial charge < -0.3 is 20.6 Å². The largest absolute Gasteiger partial charge is 0.465 e. The quantitative estimate of drug-likeness (QED) is 0.757. The van der Waals surface area contributed by atoms with E-state index in [-0.39, 0.29) is 11.6 Å². The molecule has 140 valence electrons. The van der Waals surface area contributed by atoms with Gasteiger partial charge in [0.25, 0.3) is 0 Å². The number of nitrogens with zero attached hydrogens (tertiary/aromatic N) is 4. The lowest BCUT2D eigenvalue weighted by Crippen LogP contribution is -2.47. The average Bonchev–Trinajstić information content (AvgIpc) is 2.67. The fourth-order valence-electron chi connectivity index (χ4n) is 3.10. The number of hydrogen-bond donors (Lipinski definition) is 3. The number of carboxylic acid groups (broad SMARTS) is 1. The van der Waals surface area contributed by atoms with Crippen LogP contribution in [0.1, 0.15) is 18.4 Å². The second-order valence-electron chi connectivity index (χ2n) is 6.23. The van der Waals surface area contributed by atoms with Crippen LogP contribution in [-0.2, 0) is 0 Å². The van der Waals surface area contributed by atoms with Crippen molar-refractivity contribution in [3.8, 4) is 17.3 Å². The lowest BCUT2D eigenvalue weighted by atomic mass is 10.1. The van der Waals surface area contributed by atoms with Crippen LogP contribution in [0, 0.1) is 17.1 Å². The predicted octanol–water partition coefficient (Wildman–Crippen LogP) is 2.43. The van der Waals surface area contributed by atoms with Crippen molar-refractivity contribution < 1.29 is 14.3 Å². The molecule has 1 fully saturated rings. The number of piperidine rings is 1. The predicted molar refractivity (Wildman–Crippen MR) is 98.1 cm³/mol. The number of nitrogens with one attached hydrogen (secondary N) is 2. The number of carbonyl (C=O) groups is 1. The lowest BCUT2D eigenvalue weighted by Gasteiger charge is -2.33. The number of amides is 1. The molecule has 9 heteroatoms. The van der Waals surface area contributed by atoms with E-state index in [1.807, 2.05) is 4.90 Å². The average molecular weight is 370 g/mol. The van der Waals surface area contributed by atoms with E-state index < -0.39 is 11.9 Å². The van der Waals surface area contributed by atoms with Crippen molar-refractivity contribution in [1.29, 1.82) is 5.26 Å². The molecule has 0 saturated carbocycles. The smallest absolute Gasteiger partial charge is 0.404 e. The molecule has 0 radical (unpaired) electrons. The van der Waals surface area contributed by atoms with Crippen LogP contribution in [0.3, 0.4) is 0 Å². The van der Waals surface area contributed by atoms with Crippen LogP contribution >= 0.6 is 0 Å². The number of aromatic nitrogens is 2. The van der Waals surface area contributed by atoms with E-state index in [0.29, 0.717) is 29.6 Å². The first-order chi connectivity index (χ1) is 13.0. The van der Waals surface area contributed by atoms with Crippen molar-refractivity contribution in [2.24, 2.45) is 0 Å². The van der Waals surface area contributed by atoms with E-state index in [2.05, 4.69) is 20.6 Å². The Morgan fingerprint density at radius 1 is 1.41 bits per heavy atom. The van der Waals surface area contributed by atoms with Crippen molar-refractivity contribution >= 4 is 17.9 Å². The maximum atomic E-state index is 14.0. The van der Waals surface area contributed by atoms with Crippen LogP contribution < -0.4 is 15.5 Å². The van der Waals surface area contributed by atoms with Gasteiger partial charge in [-0.15, -0.1) is 0 Å². The molecule has 1 aliphatic heterocycles. The Kier molecular flexibility index (Phi) is 5.35. The fourth-order valence-corrected chi connectivity index (χ4v) is 3.10. The van der Waals surface area contributed by atoms with Crippen LogP contribution in [-0.4, -0.2) is 47.3 Å². The molecular weight excluding hydrogens is 351 g/mol. The molecule has 0 spiro atoms. The molecule has 3 N–H and O–H groups in total. The van der Waals surface area contributed by atoms with Crippen molar-refractivity contribution in [3.63, 3.8) is 0 Å². The molecule has 1 aromatic carbocycles. The molecule has 0 unspecified atom stereocenters. The summed E-state index contributed by atoms with van der Waals surface area (Å²) >= 11 is 0. The molecule has 1 amide bonds. The maximum Gasteiger partial charge on any atom is 0.404 e. The topological polar surface area (TPSA) is 114 Å². The first-order valence-electron chi connectivity index (χ1n) is 8.51. The highest BCUT2D eigenvalue weighted by atomic mass is 19.1. The number of hydrogen-bond acceptors (Lipinski definition) is 6. The third kappa shape index (κ3) is 4.23. The van der Waals surface area contributed by atoms with E-state index in [1.165, 1.54) is 12.1 Å². The molecule has 3 rings (SSSR count). The van der Waals surface area contributed by atoms with Crippen LogP contribution in [0.4, 0.5) is 21.0 Å². The Hall–Kier alpha value is -3.41. The zero-order valence-corrected chi connectivity index (χ0v) is 14.7. The first kappa shape index (κ1) is 18.4. The highest BCUT2D eigenvalue weighted by Gasteiger charge is 2.23. The third-order valence-corrected chi connectivity index (χ3v) is 4.39. The second kappa shape index (κ2) is 7.86.